The predicted molar refractivity (Wildman–Crippen MR) is 90.5 cm³/mol. The monoisotopic (exact) mass is 284 g/mol. The zero-order valence-corrected chi connectivity index (χ0v) is 14.0. The molecule has 1 aromatic rings. The molecular formula is C19H28N2. The minimum absolute atomic E-state index is 0.479. The van der Waals surface area contributed by atoms with Crippen molar-refractivity contribution in [1.29, 1.82) is 0 Å². The fraction of sp³-hybridized carbons (Fsp3) is 0.632. The van der Waals surface area contributed by atoms with Gasteiger partial charge in [0.2, 0.25) is 0 Å². The van der Waals surface area contributed by atoms with Crippen LogP contribution < -0.4 is 5.32 Å². The van der Waals surface area contributed by atoms with E-state index >= 15 is 0 Å². The van der Waals surface area contributed by atoms with E-state index < -0.39 is 0 Å². The lowest BCUT2D eigenvalue weighted by atomic mass is 9.86. The first-order valence-electron chi connectivity index (χ1n) is 8.46. The van der Waals surface area contributed by atoms with Gasteiger partial charge in [0.25, 0.3) is 0 Å². The molecule has 1 N–H and O–H groups in total. The number of hydrogen-bond acceptors (Lipinski definition) is 1. The summed E-state index contributed by atoms with van der Waals surface area (Å²) < 4.78 is 0. The van der Waals surface area contributed by atoms with Gasteiger partial charge in [-0.25, -0.2) is 0 Å². The molecule has 2 heteroatoms. The van der Waals surface area contributed by atoms with Crippen molar-refractivity contribution < 1.29 is 0 Å². The van der Waals surface area contributed by atoms with Crippen LogP contribution in [0.2, 0.25) is 0 Å². The molecule has 0 amide bonds. The highest BCUT2D eigenvalue weighted by Crippen LogP contribution is 2.32. The van der Waals surface area contributed by atoms with E-state index in [0.717, 1.165) is 19.4 Å². The molecule has 1 saturated heterocycles. The Balaban J connectivity index is 1.96. The second-order valence-electron chi connectivity index (χ2n) is 6.81. The van der Waals surface area contributed by atoms with Crippen molar-refractivity contribution in [1.82, 2.24) is 5.32 Å². The molecule has 114 valence electrons. The van der Waals surface area contributed by atoms with Crippen LogP contribution in [-0.4, -0.2) is 18.4 Å². The Kier molecular flexibility index (Phi) is 4.05. The van der Waals surface area contributed by atoms with E-state index in [-0.39, 0.29) is 0 Å². The summed E-state index contributed by atoms with van der Waals surface area (Å²) in [6.07, 6.45) is 7.27. The number of nitrogens with zero attached hydrogens (tertiary/aromatic N) is 1. The Labute approximate surface area is 129 Å². The van der Waals surface area contributed by atoms with Gasteiger partial charge in [0.05, 0.1) is 11.9 Å². The van der Waals surface area contributed by atoms with E-state index in [1.807, 2.05) is 0 Å². The molecule has 2 aliphatic rings. The van der Waals surface area contributed by atoms with Gasteiger partial charge in [-0.3, -0.25) is 4.99 Å². The van der Waals surface area contributed by atoms with Crippen molar-refractivity contribution in [3.05, 3.63) is 33.4 Å². The minimum atomic E-state index is 0.479. The smallest absolute Gasteiger partial charge is 0.0967 e. The minimum Gasteiger partial charge on any atom is -0.374 e. The van der Waals surface area contributed by atoms with Crippen molar-refractivity contribution in [2.45, 2.75) is 72.3 Å². The molecule has 0 bridgehead atoms. The summed E-state index contributed by atoms with van der Waals surface area (Å²) in [6, 6.07) is 0.479. The average Bonchev–Trinajstić information content (AvgIpc) is 2.88. The highest BCUT2D eigenvalue weighted by Gasteiger charge is 2.22. The number of fused-ring (bicyclic) bond motifs is 1. The van der Waals surface area contributed by atoms with Crippen molar-refractivity contribution in [2.75, 3.05) is 6.54 Å². The van der Waals surface area contributed by atoms with Gasteiger partial charge in [-0.15, -0.1) is 0 Å². The molecule has 1 atom stereocenters. The standard InChI is InChI=1S/C19H28N2/c1-12-13(2)15(4)18-11-16(21-19-9-6-10-20-19)7-5-8-17(18)14(12)3/h16H,5-11H2,1-4H3,(H,20,21). The van der Waals surface area contributed by atoms with Gasteiger partial charge >= 0.3 is 0 Å². The number of benzene rings is 1. The van der Waals surface area contributed by atoms with Gasteiger partial charge < -0.3 is 5.32 Å². The highest BCUT2D eigenvalue weighted by atomic mass is 15.0. The highest BCUT2D eigenvalue weighted by molar-refractivity contribution is 5.84. The molecule has 0 saturated carbocycles. The second-order valence-corrected chi connectivity index (χ2v) is 6.81. The average molecular weight is 284 g/mol. The maximum atomic E-state index is 5.02. The first kappa shape index (κ1) is 14.6. The topological polar surface area (TPSA) is 24.4 Å². The molecule has 21 heavy (non-hydrogen) atoms. The van der Waals surface area contributed by atoms with Gasteiger partial charge in [0.15, 0.2) is 0 Å². The van der Waals surface area contributed by atoms with Gasteiger partial charge in [-0.05, 0) is 93.2 Å². The largest absolute Gasteiger partial charge is 0.374 e. The molecule has 2 nitrogen and oxygen atoms in total. The van der Waals surface area contributed by atoms with Crippen molar-refractivity contribution in [3.8, 4) is 0 Å². The quantitative estimate of drug-likeness (QED) is 0.776. The molecule has 1 aromatic carbocycles. The number of hydrogen-bond donors (Lipinski definition) is 1. The molecule has 1 aliphatic heterocycles. The molecule has 1 heterocycles. The second kappa shape index (κ2) is 5.82. The van der Waals surface area contributed by atoms with Gasteiger partial charge in [0.1, 0.15) is 0 Å². The third-order valence-corrected chi connectivity index (χ3v) is 5.62. The molecule has 0 radical (unpaired) electrons. The predicted octanol–water partition coefficient (Wildman–Crippen LogP) is 3.95. The Morgan fingerprint density at radius 1 is 0.857 bits per heavy atom. The molecule has 1 aliphatic carbocycles. The lowest BCUT2D eigenvalue weighted by molar-refractivity contribution is 0.602. The van der Waals surface area contributed by atoms with Crippen LogP contribution in [0.4, 0.5) is 0 Å². The molecule has 0 aromatic heterocycles. The van der Waals surface area contributed by atoms with E-state index in [4.69, 9.17) is 4.99 Å². The van der Waals surface area contributed by atoms with E-state index in [0.29, 0.717) is 6.04 Å². The Morgan fingerprint density at radius 3 is 2.24 bits per heavy atom. The van der Waals surface area contributed by atoms with Gasteiger partial charge in [-0.1, -0.05) is 0 Å². The van der Waals surface area contributed by atoms with Crippen molar-refractivity contribution in [2.24, 2.45) is 4.99 Å². The fourth-order valence-corrected chi connectivity index (χ4v) is 3.95. The summed E-state index contributed by atoms with van der Waals surface area (Å²) >= 11 is 0. The number of nitrogens with one attached hydrogen (secondary N) is 1. The summed E-state index contributed by atoms with van der Waals surface area (Å²) in [7, 11) is 0. The summed E-state index contributed by atoms with van der Waals surface area (Å²) in [5.41, 5.74) is 9.24. The van der Waals surface area contributed by atoms with Crippen molar-refractivity contribution in [3.63, 3.8) is 0 Å². The normalized spacial score (nSPS) is 23.8. The Bertz CT molecular complexity index is 576. The van der Waals surface area contributed by atoms with Crippen LogP contribution in [0.5, 0.6) is 0 Å². The van der Waals surface area contributed by atoms with E-state index in [1.165, 1.54) is 53.8 Å². The van der Waals surface area contributed by atoms with Crippen LogP contribution in [-0.2, 0) is 12.8 Å². The number of amidine groups is 1. The zero-order valence-electron chi connectivity index (χ0n) is 14.0. The SMILES string of the molecule is Cc1c(C)c(C)c2c(c1C)CCCC(/N=C1/CCCN1)C2. The lowest BCUT2D eigenvalue weighted by Gasteiger charge is -2.20. The lowest BCUT2D eigenvalue weighted by Crippen LogP contribution is -2.19. The van der Waals surface area contributed by atoms with Crippen LogP contribution in [0.1, 0.15) is 59.1 Å². The van der Waals surface area contributed by atoms with E-state index in [9.17, 15) is 0 Å². The Hall–Kier alpha value is -1.31. The van der Waals surface area contributed by atoms with Gasteiger partial charge in [-0.2, -0.15) is 0 Å². The van der Waals surface area contributed by atoms with E-state index in [2.05, 4.69) is 33.0 Å². The van der Waals surface area contributed by atoms with Crippen LogP contribution >= 0.6 is 0 Å². The maximum Gasteiger partial charge on any atom is 0.0967 e. The summed E-state index contributed by atoms with van der Waals surface area (Å²) in [4.78, 5) is 5.02. The van der Waals surface area contributed by atoms with Gasteiger partial charge in [0, 0.05) is 13.0 Å². The maximum absolute atomic E-state index is 5.02. The molecular weight excluding hydrogens is 256 g/mol. The fourth-order valence-electron chi connectivity index (χ4n) is 3.95. The number of rotatable bonds is 1. The van der Waals surface area contributed by atoms with E-state index in [1.54, 1.807) is 11.1 Å². The van der Waals surface area contributed by atoms with Crippen molar-refractivity contribution >= 4 is 5.84 Å². The van der Waals surface area contributed by atoms with Crippen LogP contribution in [0.25, 0.3) is 0 Å². The number of aliphatic imine (C=N–C) groups is 1. The zero-order chi connectivity index (χ0) is 15.0. The molecule has 1 fully saturated rings. The third-order valence-electron chi connectivity index (χ3n) is 5.62. The van der Waals surface area contributed by atoms with Crippen LogP contribution in [0, 0.1) is 27.7 Å². The summed E-state index contributed by atoms with van der Waals surface area (Å²) in [5.74, 6) is 1.25. The summed E-state index contributed by atoms with van der Waals surface area (Å²) in [5, 5.41) is 3.44. The summed E-state index contributed by atoms with van der Waals surface area (Å²) in [6.45, 7) is 10.3. The molecule has 1 unspecified atom stereocenters. The Morgan fingerprint density at radius 2 is 1.57 bits per heavy atom. The molecule has 3 rings (SSSR count). The van der Waals surface area contributed by atoms with Crippen LogP contribution in [0.3, 0.4) is 0 Å². The first-order valence-corrected chi connectivity index (χ1v) is 8.46. The first-order chi connectivity index (χ1) is 10.1. The molecule has 0 spiro atoms. The van der Waals surface area contributed by atoms with Crippen LogP contribution in [0.15, 0.2) is 4.99 Å². The third kappa shape index (κ3) is 2.73.